The lowest BCUT2D eigenvalue weighted by atomic mass is 9.83. The molecule has 0 radical (unpaired) electrons. The fourth-order valence-electron chi connectivity index (χ4n) is 6.24. The predicted molar refractivity (Wildman–Crippen MR) is 186 cm³/mol. The van der Waals surface area contributed by atoms with Crippen LogP contribution in [0.3, 0.4) is 0 Å². The van der Waals surface area contributed by atoms with E-state index in [0.717, 1.165) is 49.2 Å². The second kappa shape index (κ2) is 17.9. The molecule has 2 aliphatic rings. The van der Waals surface area contributed by atoms with Crippen molar-refractivity contribution in [1.29, 1.82) is 0 Å². The molecule has 46 heavy (non-hydrogen) atoms. The van der Waals surface area contributed by atoms with Crippen LogP contribution in [0.15, 0.2) is 24.8 Å². The van der Waals surface area contributed by atoms with Gasteiger partial charge in [0.25, 0.3) is 5.91 Å². The van der Waals surface area contributed by atoms with Crippen molar-refractivity contribution in [2.75, 3.05) is 24.6 Å². The second-order valence-electron chi connectivity index (χ2n) is 14.5. The van der Waals surface area contributed by atoms with E-state index in [1.165, 1.54) is 6.08 Å². The molecule has 1 aliphatic carbocycles. The minimum Gasteiger partial charge on any atom is -0.346 e. The molecule has 1 saturated carbocycles. The van der Waals surface area contributed by atoms with Gasteiger partial charge in [0.1, 0.15) is 12.1 Å². The Morgan fingerprint density at radius 3 is 2.26 bits per heavy atom. The summed E-state index contributed by atoms with van der Waals surface area (Å²) in [6, 6.07) is -3.18. The third-order valence-corrected chi connectivity index (χ3v) is 10.3. The van der Waals surface area contributed by atoms with Crippen LogP contribution >= 0.6 is 11.8 Å². The zero-order valence-corrected chi connectivity index (χ0v) is 30.1. The van der Waals surface area contributed by atoms with Gasteiger partial charge >= 0.3 is 6.03 Å². The van der Waals surface area contributed by atoms with E-state index in [2.05, 4.69) is 55.2 Å². The summed E-state index contributed by atoms with van der Waals surface area (Å²) in [5, 5.41) is 11.6. The average Bonchev–Trinajstić information content (AvgIpc) is 3.45. The zero-order chi connectivity index (χ0) is 34.7. The van der Waals surface area contributed by atoms with Gasteiger partial charge in [0.05, 0.1) is 11.6 Å². The number of carbonyl (C=O) groups excluding carboxylic acids is 5. The Morgan fingerprint density at radius 1 is 1.07 bits per heavy atom. The van der Waals surface area contributed by atoms with Crippen LogP contribution in [-0.4, -0.2) is 82.7 Å². The van der Waals surface area contributed by atoms with E-state index in [-0.39, 0.29) is 42.3 Å². The van der Waals surface area contributed by atoms with Gasteiger partial charge in [-0.3, -0.25) is 19.2 Å². The van der Waals surface area contributed by atoms with Crippen molar-refractivity contribution in [1.82, 2.24) is 26.2 Å². The smallest absolute Gasteiger partial charge is 0.315 e. The Balaban J connectivity index is 2.32. The third kappa shape index (κ3) is 11.5. The maximum atomic E-state index is 14.4. The summed E-state index contributed by atoms with van der Waals surface area (Å²) in [4.78, 5) is 69.0. The normalized spacial score (nSPS) is 20.7. The van der Waals surface area contributed by atoms with Crippen LogP contribution in [0.1, 0.15) is 99.8 Å². The lowest BCUT2D eigenvalue weighted by molar-refractivity contribution is -0.143. The molecule has 4 unspecified atom stereocenters. The number of hydrogen-bond donors (Lipinski definition) is 4. The first-order chi connectivity index (χ1) is 21.5. The van der Waals surface area contributed by atoms with E-state index < -0.39 is 41.1 Å². The molecule has 2 rings (SSSR count). The molecule has 5 amide bonds. The van der Waals surface area contributed by atoms with Crippen molar-refractivity contribution >= 4 is 41.3 Å². The molecule has 0 aromatic carbocycles. The van der Waals surface area contributed by atoms with Crippen LogP contribution in [0.5, 0.6) is 0 Å². The van der Waals surface area contributed by atoms with Crippen LogP contribution in [0.25, 0.3) is 0 Å². The second-order valence-corrected chi connectivity index (χ2v) is 15.8. The predicted octanol–water partition coefficient (Wildman–Crippen LogP) is 4.74. The van der Waals surface area contributed by atoms with Crippen molar-refractivity contribution in [2.45, 2.75) is 123 Å². The lowest BCUT2D eigenvalue weighted by Gasteiger charge is -2.40. The number of ketones is 1. The summed E-state index contributed by atoms with van der Waals surface area (Å²) in [6.07, 6.45) is 7.61. The largest absolute Gasteiger partial charge is 0.346 e. The molecule has 10 nitrogen and oxygen atoms in total. The molecule has 0 bridgehead atoms. The molecule has 11 heteroatoms. The SMILES string of the molecule is C=CCNC(=O)C(=O)C(CCC(=C)C)NC(=O)C1CC(C(C)C)CN1C(=O)C(NC(=O)NC1(CSCC)CCCCC1)C(C)(C)C. The van der Waals surface area contributed by atoms with Crippen LogP contribution in [0.2, 0.25) is 0 Å². The van der Waals surface area contributed by atoms with Gasteiger partial charge in [-0.2, -0.15) is 11.8 Å². The van der Waals surface area contributed by atoms with E-state index in [9.17, 15) is 24.0 Å². The number of Topliss-reactive ketones (excluding diaryl/α,β-unsaturated/α-hetero) is 1. The van der Waals surface area contributed by atoms with Gasteiger partial charge in [0.2, 0.25) is 17.6 Å². The van der Waals surface area contributed by atoms with Crippen molar-refractivity contribution in [3.63, 3.8) is 0 Å². The monoisotopic (exact) mass is 661 g/mol. The summed E-state index contributed by atoms with van der Waals surface area (Å²) in [7, 11) is 0. The van der Waals surface area contributed by atoms with E-state index in [4.69, 9.17) is 0 Å². The standard InChI is InChI=1S/C35H59N5O5S/c1-10-19-36-31(43)28(41)26(16-15-23(3)4)37-30(42)27-20-25(24(5)6)21-40(27)32(44)29(34(7,8)9)38-33(45)39-35(22-46-11-2)17-13-12-14-18-35/h10,24-27,29H,1,3,11-22H2,2,4-9H3,(H,36,43)(H,37,42)(H2,38,39,45). The van der Waals surface area contributed by atoms with Gasteiger partial charge in [0.15, 0.2) is 0 Å². The van der Waals surface area contributed by atoms with E-state index in [1.54, 1.807) is 4.90 Å². The number of thioether (sulfide) groups is 1. The van der Waals surface area contributed by atoms with Crippen LogP contribution in [-0.2, 0) is 19.2 Å². The summed E-state index contributed by atoms with van der Waals surface area (Å²) >= 11 is 1.81. The number of carbonyl (C=O) groups is 5. The fourth-order valence-corrected chi connectivity index (χ4v) is 7.19. The number of likely N-dealkylation sites (tertiary alicyclic amines) is 1. The fraction of sp³-hybridized carbons (Fsp3) is 0.743. The molecule has 0 aromatic rings. The van der Waals surface area contributed by atoms with E-state index in [1.807, 2.05) is 39.5 Å². The summed E-state index contributed by atoms with van der Waals surface area (Å²) in [6.45, 7) is 21.7. The van der Waals surface area contributed by atoms with E-state index in [0.29, 0.717) is 19.4 Å². The Morgan fingerprint density at radius 2 is 1.72 bits per heavy atom. The van der Waals surface area contributed by atoms with Gasteiger partial charge in [-0.1, -0.05) is 72.5 Å². The number of amides is 5. The Kier molecular flexibility index (Phi) is 15.3. The molecule has 4 atom stereocenters. The molecule has 1 aliphatic heterocycles. The molecule has 2 fully saturated rings. The van der Waals surface area contributed by atoms with Gasteiger partial charge in [-0.15, -0.1) is 13.2 Å². The van der Waals surface area contributed by atoms with Crippen LogP contribution in [0, 0.1) is 17.3 Å². The van der Waals surface area contributed by atoms with Gasteiger partial charge in [0, 0.05) is 18.8 Å². The molecule has 0 spiro atoms. The highest BCUT2D eigenvalue weighted by Gasteiger charge is 2.46. The van der Waals surface area contributed by atoms with Gasteiger partial charge in [-0.25, -0.2) is 4.79 Å². The summed E-state index contributed by atoms with van der Waals surface area (Å²) in [5.41, 5.74) is -0.139. The minimum atomic E-state index is -1.07. The van der Waals surface area contributed by atoms with Crippen molar-refractivity contribution in [2.24, 2.45) is 17.3 Å². The Bertz CT molecular complexity index is 1110. The summed E-state index contributed by atoms with van der Waals surface area (Å²) in [5.74, 6) is -0.340. The number of hydrogen-bond acceptors (Lipinski definition) is 6. The number of urea groups is 1. The first-order valence-electron chi connectivity index (χ1n) is 16.9. The molecule has 1 saturated heterocycles. The minimum absolute atomic E-state index is 0.0474. The number of rotatable bonds is 16. The van der Waals surface area contributed by atoms with Crippen LogP contribution < -0.4 is 21.3 Å². The maximum absolute atomic E-state index is 14.4. The number of allylic oxidation sites excluding steroid dienone is 1. The maximum Gasteiger partial charge on any atom is 0.315 e. The van der Waals surface area contributed by atoms with Crippen molar-refractivity contribution < 1.29 is 24.0 Å². The molecule has 0 aromatic heterocycles. The molecule has 260 valence electrons. The average molecular weight is 662 g/mol. The quantitative estimate of drug-likeness (QED) is 0.139. The molecule has 4 N–H and O–H groups in total. The topological polar surface area (TPSA) is 137 Å². The number of nitrogens with one attached hydrogen (secondary N) is 4. The summed E-state index contributed by atoms with van der Waals surface area (Å²) < 4.78 is 0. The zero-order valence-electron chi connectivity index (χ0n) is 29.3. The highest BCUT2D eigenvalue weighted by atomic mass is 32.2. The first-order valence-corrected chi connectivity index (χ1v) is 18.0. The molecular formula is C35H59N5O5S. The van der Waals surface area contributed by atoms with Crippen LogP contribution in [0.4, 0.5) is 4.79 Å². The van der Waals surface area contributed by atoms with Gasteiger partial charge in [-0.05, 0) is 62.0 Å². The highest BCUT2D eigenvalue weighted by molar-refractivity contribution is 7.99. The highest BCUT2D eigenvalue weighted by Crippen LogP contribution is 2.34. The third-order valence-electron chi connectivity index (χ3n) is 9.15. The first kappa shape index (κ1) is 39.4. The number of nitrogens with zero attached hydrogens (tertiary/aromatic N) is 1. The van der Waals surface area contributed by atoms with Gasteiger partial charge < -0.3 is 26.2 Å². The molecular weight excluding hydrogens is 602 g/mol. The van der Waals surface area contributed by atoms with E-state index >= 15 is 0 Å². The Labute approximate surface area is 281 Å². The lowest BCUT2D eigenvalue weighted by Crippen LogP contribution is -2.62. The molecule has 1 heterocycles. The van der Waals surface area contributed by atoms with Crippen molar-refractivity contribution in [3.8, 4) is 0 Å². The Hall–Kier alpha value is -2.82. The van der Waals surface area contributed by atoms with Crippen molar-refractivity contribution in [3.05, 3.63) is 24.8 Å².